The number of carbonyl (C=O) groups is 1. The van der Waals surface area contributed by atoms with Gasteiger partial charge in [-0.2, -0.15) is 4.31 Å². The van der Waals surface area contributed by atoms with Gasteiger partial charge in [0.1, 0.15) is 0 Å². The minimum atomic E-state index is -3.72. The molecular formula is C15H24N4O5S. The lowest BCUT2D eigenvalue weighted by Gasteiger charge is -2.26. The predicted molar refractivity (Wildman–Crippen MR) is 89.9 cm³/mol. The van der Waals surface area contributed by atoms with Crippen LogP contribution in [0, 0.1) is 0 Å². The summed E-state index contributed by atoms with van der Waals surface area (Å²) in [5, 5.41) is 5.83. The maximum absolute atomic E-state index is 12.5. The Hall–Kier alpha value is -1.46. The molecule has 0 bridgehead atoms. The van der Waals surface area contributed by atoms with E-state index >= 15 is 0 Å². The smallest absolute Gasteiger partial charge is 0.287 e. The summed E-state index contributed by atoms with van der Waals surface area (Å²) in [7, 11) is -3.72. The number of ether oxygens (including phenoxy) is 1. The highest BCUT2D eigenvalue weighted by Gasteiger charge is 2.30. The summed E-state index contributed by atoms with van der Waals surface area (Å²) in [5.74, 6) is -0.397. The molecule has 2 aliphatic heterocycles. The van der Waals surface area contributed by atoms with Gasteiger partial charge in [-0.3, -0.25) is 9.69 Å². The molecule has 1 aromatic rings. The van der Waals surface area contributed by atoms with Crippen molar-refractivity contribution < 1.29 is 22.4 Å². The number of piperazine rings is 1. The fourth-order valence-corrected chi connectivity index (χ4v) is 4.16. The molecule has 0 unspecified atom stereocenters. The molecule has 2 aliphatic rings. The normalized spacial score (nSPS) is 20.5. The monoisotopic (exact) mass is 372 g/mol. The molecule has 2 fully saturated rings. The Kier molecular flexibility index (Phi) is 6.07. The zero-order valence-corrected chi connectivity index (χ0v) is 14.9. The number of amides is 1. The maximum atomic E-state index is 12.5. The number of carbonyl (C=O) groups excluding carboxylic acids is 1. The van der Waals surface area contributed by atoms with E-state index in [1.807, 2.05) is 0 Å². The molecule has 1 amide bonds. The SMILES string of the molecule is O=C(NCCN1CCNCC1)c1ccc(S(=O)(=O)N2CCOCC2)o1. The van der Waals surface area contributed by atoms with Crippen molar-refractivity contribution in [2.75, 3.05) is 65.6 Å². The first-order valence-corrected chi connectivity index (χ1v) is 9.90. The molecule has 0 aromatic carbocycles. The number of furan rings is 1. The fraction of sp³-hybridized carbons (Fsp3) is 0.667. The molecule has 3 rings (SSSR count). The van der Waals surface area contributed by atoms with E-state index in [2.05, 4.69) is 15.5 Å². The number of nitrogens with zero attached hydrogens (tertiary/aromatic N) is 2. The maximum Gasteiger partial charge on any atom is 0.287 e. The first kappa shape index (κ1) is 18.3. The molecule has 0 atom stereocenters. The summed E-state index contributed by atoms with van der Waals surface area (Å²) in [4.78, 5) is 14.4. The lowest BCUT2D eigenvalue weighted by Crippen LogP contribution is -2.46. The largest absolute Gasteiger partial charge is 0.438 e. The second kappa shape index (κ2) is 8.28. The molecule has 9 nitrogen and oxygen atoms in total. The van der Waals surface area contributed by atoms with Crippen LogP contribution < -0.4 is 10.6 Å². The van der Waals surface area contributed by atoms with Crippen LogP contribution in [-0.2, 0) is 14.8 Å². The summed E-state index contributed by atoms with van der Waals surface area (Å²) in [5.41, 5.74) is 0. The molecule has 1 aromatic heterocycles. The molecule has 25 heavy (non-hydrogen) atoms. The van der Waals surface area contributed by atoms with E-state index in [1.165, 1.54) is 16.4 Å². The molecule has 2 N–H and O–H groups in total. The Bertz CT molecular complexity index is 678. The van der Waals surface area contributed by atoms with Gasteiger partial charge in [0.25, 0.3) is 15.9 Å². The first-order chi connectivity index (χ1) is 12.1. The third-order valence-electron chi connectivity index (χ3n) is 4.29. The second-order valence-electron chi connectivity index (χ2n) is 5.98. The summed E-state index contributed by atoms with van der Waals surface area (Å²) in [6.45, 7) is 6.36. The average molecular weight is 372 g/mol. The van der Waals surface area contributed by atoms with Crippen LogP contribution in [0.25, 0.3) is 0 Å². The summed E-state index contributed by atoms with van der Waals surface area (Å²) in [6.07, 6.45) is 0. The quantitative estimate of drug-likeness (QED) is 0.656. The molecule has 3 heterocycles. The Morgan fingerprint density at radius 1 is 1.16 bits per heavy atom. The van der Waals surface area contributed by atoms with Crippen LogP contribution in [0.15, 0.2) is 21.6 Å². The number of hydrogen-bond donors (Lipinski definition) is 2. The van der Waals surface area contributed by atoms with Crippen molar-refractivity contribution in [2.24, 2.45) is 0 Å². The van der Waals surface area contributed by atoms with Crippen molar-refractivity contribution in [1.29, 1.82) is 0 Å². The van der Waals surface area contributed by atoms with E-state index in [-0.39, 0.29) is 23.9 Å². The predicted octanol–water partition coefficient (Wildman–Crippen LogP) is -1.06. The van der Waals surface area contributed by atoms with Crippen LogP contribution in [0.2, 0.25) is 0 Å². The van der Waals surface area contributed by atoms with E-state index < -0.39 is 15.9 Å². The Morgan fingerprint density at radius 2 is 1.88 bits per heavy atom. The summed E-state index contributed by atoms with van der Waals surface area (Å²) in [6, 6.07) is 2.73. The third kappa shape index (κ3) is 4.59. The first-order valence-electron chi connectivity index (χ1n) is 8.46. The highest BCUT2D eigenvalue weighted by Crippen LogP contribution is 2.19. The molecule has 10 heteroatoms. The van der Waals surface area contributed by atoms with Crippen molar-refractivity contribution >= 4 is 15.9 Å². The van der Waals surface area contributed by atoms with E-state index in [0.29, 0.717) is 19.8 Å². The standard InChI is InChI=1S/C15H24N4O5S/c20-15(17-5-8-18-6-3-16-4-7-18)13-1-2-14(24-13)25(21,22)19-9-11-23-12-10-19/h1-2,16H,3-12H2,(H,17,20). The van der Waals surface area contributed by atoms with Gasteiger partial charge in [0.15, 0.2) is 5.76 Å². The van der Waals surface area contributed by atoms with E-state index in [0.717, 1.165) is 32.7 Å². The minimum absolute atomic E-state index is 0.00662. The van der Waals surface area contributed by atoms with Crippen LogP contribution in [0.1, 0.15) is 10.6 Å². The van der Waals surface area contributed by atoms with Crippen LogP contribution in [-0.4, -0.2) is 89.1 Å². The minimum Gasteiger partial charge on any atom is -0.438 e. The molecule has 0 saturated carbocycles. The summed E-state index contributed by atoms with van der Waals surface area (Å²) >= 11 is 0. The van der Waals surface area contributed by atoms with Crippen molar-refractivity contribution in [2.45, 2.75) is 5.09 Å². The van der Waals surface area contributed by atoms with Crippen molar-refractivity contribution in [3.8, 4) is 0 Å². The molecule has 140 valence electrons. The molecule has 0 spiro atoms. The fourth-order valence-electron chi connectivity index (χ4n) is 2.84. The van der Waals surface area contributed by atoms with Gasteiger partial charge in [-0.1, -0.05) is 0 Å². The van der Waals surface area contributed by atoms with Crippen molar-refractivity contribution in [3.05, 3.63) is 17.9 Å². The van der Waals surface area contributed by atoms with Gasteiger partial charge in [-0.25, -0.2) is 8.42 Å². The number of morpholine rings is 1. The van der Waals surface area contributed by atoms with Gasteiger partial charge in [0, 0.05) is 52.4 Å². The number of sulfonamides is 1. The Morgan fingerprint density at radius 3 is 2.60 bits per heavy atom. The number of nitrogens with one attached hydrogen (secondary N) is 2. The Balaban J connectivity index is 1.54. The zero-order chi connectivity index (χ0) is 17.7. The highest BCUT2D eigenvalue weighted by atomic mass is 32.2. The topological polar surface area (TPSA) is 104 Å². The van der Waals surface area contributed by atoms with E-state index in [4.69, 9.17) is 9.15 Å². The van der Waals surface area contributed by atoms with Gasteiger partial charge < -0.3 is 19.8 Å². The van der Waals surface area contributed by atoms with E-state index in [1.54, 1.807) is 0 Å². The van der Waals surface area contributed by atoms with Crippen molar-refractivity contribution in [1.82, 2.24) is 19.8 Å². The third-order valence-corrected chi connectivity index (χ3v) is 6.07. The summed E-state index contributed by atoms with van der Waals surface area (Å²) < 4.78 is 36.7. The lowest BCUT2D eigenvalue weighted by atomic mass is 10.3. The van der Waals surface area contributed by atoms with Crippen molar-refractivity contribution in [3.63, 3.8) is 0 Å². The molecule has 2 saturated heterocycles. The lowest BCUT2D eigenvalue weighted by molar-refractivity contribution is 0.0722. The second-order valence-corrected chi connectivity index (χ2v) is 7.85. The van der Waals surface area contributed by atoms with Crippen LogP contribution in [0.5, 0.6) is 0 Å². The van der Waals surface area contributed by atoms with Gasteiger partial charge in [-0.05, 0) is 12.1 Å². The number of hydrogen-bond acceptors (Lipinski definition) is 7. The molecular weight excluding hydrogens is 348 g/mol. The highest BCUT2D eigenvalue weighted by molar-refractivity contribution is 7.89. The van der Waals surface area contributed by atoms with Gasteiger partial charge in [0.05, 0.1) is 13.2 Å². The zero-order valence-electron chi connectivity index (χ0n) is 14.1. The van der Waals surface area contributed by atoms with Crippen LogP contribution in [0.4, 0.5) is 0 Å². The van der Waals surface area contributed by atoms with Gasteiger partial charge >= 0.3 is 0 Å². The van der Waals surface area contributed by atoms with E-state index in [9.17, 15) is 13.2 Å². The molecule has 0 aliphatic carbocycles. The van der Waals surface area contributed by atoms with Gasteiger partial charge in [-0.15, -0.1) is 0 Å². The average Bonchev–Trinajstić information content (AvgIpc) is 3.14. The van der Waals surface area contributed by atoms with Crippen LogP contribution >= 0.6 is 0 Å². The van der Waals surface area contributed by atoms with Gasteiger partial charge in [0.2, 0.25) is 5.09 Å². The number of rotatable bonds is 6. The molecule has 0 radical (unpaired) electrons. The Labute approximate surface area is 147 Å². The van der Waals surface area contributed by atoms with Crippen LogP contribution in [0.3, 0.4) is 0 Å².